The maximum Gasteiger partial charge on any atom is 0.251 e. The molecular weight excluding hydrogens is 462 g/mol. The third-order valence-corrected chi connectivity index (χ3v) is 13.6. The first kappa shape index (κ1) is 27.4. The molecule has 5 nitrogen and oxygen atoms in total. The van der Waals surface area contributed by atoms with Crippen LogP contribution in [0.4, 0.5) is 0 Å². The van der Waals surface area contributed by atoms with Gasteiger partial charge in [-0.2, -0.15) is 0 Å². The summed E-state index contributed by atoms with van der Waals surface area (Å²) in [6.07, 6.45) is 10.5. The summed E-state index contributed by atoms with van der Waals surface area (Å²) in [5.74, 6) is 0.924. The van der Waals surface area contributed by atoms with E-state index >= 15 is 0 Å². The number of hydroxylamine groups is 2. The highest BCUT2D eigenvalue weighted by Crippen LogP contribution is 2.75. The van der Waals surface area contributed by atoms with Crippen LogP contribution in [0.3, 0.4) is 0 Å². The fourth-order valence-corrected chi connectivity index (χ4v) is 10.8. The largest absolute Gasteiger partial charge is 0.393 e. The van der Waals surface area contributed by atoms with Crippen molar-refractivity contribution in [3.8, 4) is 0 Å². The summed E-state index contributed by atoms with van der Waals surface area (Å²) >= 11 is 0. The van der Waals surface area contributed by atoms with Gasteiger partial charge in [-0.05, 0) is 103 Å². The molecule has 3 unspecified atom stereocenters. The lowest BCUT2D eigenvalue weighted by Gasteiger charge is -2.70. The fourth-order valence-electron chi connectivity index (χ4n) is 10.8. The number of aliphatic hydroxyl groups is 1. The molecule has 0 heterocycles. The maximum absolute atomic E-state index is 14.4. The Morgan fingerprint density at radius 2 is 1.62 bits per heavy atom. The van der Waals surface area contributed by atoms with Crippen molar-refractivity contribution in [1.82, 2.24) is 5.06 Å². The average molecular weight is 514 g/mol. The van der Waals surface area contributed by atoms with E-state index in [2.05, 4.69) is 54.5 Å². The molecule has 0 aromatic rings. The second-order valence-electron chi connectivity index (χ2n) is 15.6. The smallest absolute Gasteiger partial charge is 0.251 e. The summed E-state index contributed by atoms with van der Waals surface area (Å²) in [4.78, 5) is 33.1. The predicted molar refractivity (Wildman–Crippen MR) is 145 cm³/mol. The van der Waals surface area contributed by atoms with Gasteiger partial charge < -0.3 is 5.11 Å². The first-order chi connectivity index (χ1) is 17.0. The molecule has 4 saturated carbocycles. The van der Waals surface area contributed by atoms with Crippen molar-refractivity contribution in [3.05, 3.63) is 11.6 Å². The minimum Gasteiger partial charge on any atom is -0.393 e. The van der Waals surface area contributed by atoms with Crippen molar-refractivity contribution < 1.29 is 19.5 Å². The van der Waals surface area contributed by atoms with Crippen molar-refractivity contribution in [2.75, 3.05) is 14.2 Å². The number of fused-ring (bicyclic) bond motifs is 7. The predicted octanol–water partition coefficient (Wildman–Crippen LogP) is 6.35. The molecule has 5 rings (SSSR count). The van der Waals surface area contributed by atoms with E-state index in [0.717, 1.165) is 57.8 Å². The Hall–Kier alpha value is -1.20. The van der Waals surface area contributed by atoms with Gasteiger partial charge in [-0.25, -0.2) is 5.06 Å². The highest BCUT2D eigenvalue weighted by atomic mass is 16.7. The van der Waals surface area contributed by atoms with Gasteiger partial charge in [0.15, 0.2) is 5.78 Å². The quantitative estimate of drug-likeness (QED) is 0.437. The number of rotatable bonds is 2. The van der Waals surface area contributed by atoms with Gasteiger partial charge in [0, 0.05) is 18.4 Å². The SMILES string of the molecule is CON(C)C(=O)[C@@]1(C)CC[C@]2(C)CC[C@]3(C)C(=CC(=O)C4[C@@]5(C)CC[C@H](O)C(C)(C)C5CC[C@]43C)C2C1. The van der Waals surface area contributed by atoms with Crippen molar-refractivity contribution in [2.24, 2.45) is 50.2 Å². The average Bonchev–Trinajstić information content (AvgIpc) is 2.83. The highest BCUT2D eigenvalue weighted by Gasteiger charge is 2.70. The number of hydrogen-bond donors (Lipinski definition) is 1. The topological polar surface area (TPSA) is 66.8 Å². The summed E-state index contributed by atoms with van der Waals surface area (Å²) < 4.78 is 0. The van der Waals surface area contributed by atoms with Crippen molar-refractivity contribution in [2.45, 2.75) is 112 Å². The Labute approximate surface area is 224 Å². The van der Waals surface area contributed by atoms with Gasteiger partial charge in [-0.15, -0.1) is 0 Å². The molecule has 0 aliphatic heterocycles. The van der Waals surface area contributed by atoms with Crippen LogP contribution in [0.15, 0.2) is 11.6 Å². The van der Waals surface area contributed by atoms with Crippen LogP contribution in [0.1, 0.15) is 106 Å². The lowest BCUT2D eigenvalue weighted by atomic mass is 9.33. The standard InChI is InChI=1S/C32H51NO4/c1-27(2)23-10-13-32(7)25(30(23,5)12-11-24(27)35)22(34)18-20-21-19-29(4,26(36)33(8)37-9)15-14-28(21,3)16-17-31(20,32)6/h18,21,23-25,35H,10-17,19H2,1-9H3/t21?,23?,24-,25?,28+,29-,30-,31+,32+/m0/s1. The molecular formula is C32H51NO4. The monoisotopic (exact) mass is 513 g/mol. The van der Waals surface area contributed by atoms with Crippen molar-refractivity contribution in [1.29, 1.82) is 0 Å². The Balaban J connectivity index is 1.59. The third kappa shape index (κ3) is 3.41. The Bertz CT molecular complexity index is 1030. The molecule has 0 aromatic heterocycles. The Kier molecular flexibility index (Phi) is 6.04. The number of carbonyl (C=O) groups excluding carboxylic acids is 2. The van der Waals surface area contributed by atoms with Crippen LogP contribution in [0.2, 0.25) is 0 Å². The summed E-state index contributed by atoms with van der Waals surface area (Å²) in [5.41, 5.74) is 0.528. The van der Waals surface area contributed by atoms with E-state index in [-0.39, 0.29) is 50.9 Å². The van der Waals surface area contributed by atoms with Crippen molar-refractivity contribution >= 4 is 11.7 Å². The minimum atomic E-state index is -0.484. The van der Waals surface area contributed by atoms with Gasteiger partial charge in [-0.1, -0.05) is 54.0 Å². The Morgan fingerprint density at radius 1 is 0.973 bits per heavy atom. The number of carbonyl (C=O) groups is 2. The van der Waals surface area contributed by atoms with E-state index in [4.69, 9.17) is 4.84 Å². The molecule has 37 heavy (non-hydrogen) atoms. The van der Waals surface area contributed by atoms with E-state index in [1.165, 1.54) is 10.6 Å². The number of amides is 1. The van der Waals surface area contributed by atoms with Gasteiger partial charge in [0.25, 0.3) is 5.91 Å². The van der Waals surface area contributed by atoms with Crippen LogP contribution < -0.4 is 0 Å². The van der Waals surface area contributed by atoms with Gasteiger partial charge in [0.05, 0.1) is 13.2 Å². The van der Waals surface area contributed by atoms with Gasteiger partial charge in [-0.3, -0.25) is 14.4 Å². The zero-order valence-electron chi connectivity index (χ0n) is 24.9. The Morgan fingerprint density at radius 3 is 2.27 bits per heavy atom. The van der Waals surface area contributed by atoms with Crippen LogP contribution in [0.5, 0.6) is 0 Å². The molecule has 5 aliphatic rings. The van der Waals surface area contributed by atoms with Crippen LogP contribution in [0.25, 0.3) is 0 Å². The summed E-state index contributed by atoms with van der Waals surface area (Å²) in [6, 6.07) is 0. The summed E-state index contributed by atoms with van der Waals surface area (Å²) in [7, 11) is 3.26. The lowest BCUT2D eigenvalue weighted by Crippen LogP contribution is -2.66. The number of nitrogens with zero attached hydrogens (tertiary/aromatic N) is 1. The molecule has 0 bridgehead atoms. The zero-order chi connectivity index (χ0) is 27.4. The molecule has 1 N–H and O–H groups in total. The van der Waals surface area contributed by atoms with Gasteiger partial charge in [0.1, 0.15) is 0 Å². The first-order valence-corrected chi connectivity index (χ1v) is 14.8. The molecule has 5 heteroatoms. The van der Waals surface area contributed by atoms with E-state index in [1.807, 2.05) is 0 Å². The first-order valence-electron chi connectivity index (χ1n) is 14.8. The maximum atomic E-state index is 14.4. The number of aliphatic hydroxyl groups excluding tert-OH is 1. The van der Waals surface area contributed by atoms with E-state index < -0.39 is 5.41 Å². The molecule has 0 radical (unpaired) electrons. The number of ketones is 1. The van der Waals surface area contributed by atoms with E-state index in [1.54, 1.807) is 14.2 Å². The minimum absolute atomic E-state index is 0.0140. The van der Waals surface area contributed by atoms with Crippen molar-refractivity contribution in [3.63, 3.8) is 0 Å². The van der Waals surface area contributed by atoms with Crippen LogP contribution in [0, 0.1) is 50.2 Å². The van der Waals surface area contributed by atoms with Crippen LogP contribution in [-0.2, 0) is 14.4 Å². The van der Waals surface area contributed by atoms with Gasteiger partial charge >= 0.3 is 0 Å². The zero-order valence-corrected chi connectivity index (χ0v) is 24.9. The van der Waals surface area contributed by atoms with Gasteiger partial charge in [0.2, 0.25) is 0 Å². The highest BCUT2D eigenvalue weighted by molar-refractivity contribution is 5.95. The van der Waals surface area contributed by atoms with E-state index in [0.29, 0.717) is 11.7 Å². The molecule has 5 aliphatic carbocycles. The number of hydrogen-bond acceptors (Lipinski definition) is 4. The molecule has 0 aromatic carbocycles. The summed E-state index contributed by atoms with van der Waals surface area (Å²) in [5, 5.41) is 12.3. The molecule has 0 spiro atoms. The van der Waals surface area contributed by atoms with E-state index in [9.17, 15) is 14.7 Å². The number of allylic oxidation sites excluding steroid dienone is 2. The summed E-state index contributed by atoms with van der Waals surface area (Å²) in [6.45, 7) is 16.2. The second kappa shape index (κ2) is 8.16. The van der Waals surface area contributed by atoms with Crippen LogP contribution >= 0.6 is 0 Å². The third-order valence-electron chi connectivity index (χ3n) is 13.6. The molecule has 208 valence electrons. The fraction of sp³-hybridized carbons (Fsp3) is 0.875. The molecule has 9 atom stereocenters. The normalized spacial score (nSPS) is 50.6. The molecule has 0 saturated heterocycles. The van der Waals surface area contributed by atoms with Crippen LogP contribution in [-0.4, -0.2) is 42.1 Å². The molecule has 1 amide bonds. The lowest BCUT2D eigenvalue weighted by molar-refractivity contribution is -0.203. The molecule has 4 fully saturated rings. The second-order valence-corrected chi connectivity index (χ2v) is 15.6.